The maximum absolute atomic E-state index is 13.4. The molecule has 0 amide bonds. The molecule has 134 valence electrons. The Morgan fingerprint density at radius 1 is 1.16 bits per heavy atom. The van der Waals surface area contributed by atoms with Crippen LogP contribution >= 0.6 is 11.6 Å². The molecule has 1 heterocycles. The largest absolute Gasteiger partial charge is 0.460 e. The highest BCUT2D eigenvalue weighted by atomic mass is 35.5. The van der Waals surface area contributed by atoms with Gasteiger partial charge in [0.1, 0.15) is 11.7 Å². The lowest BCUT2D eigenvalue weighted by atomic mass is 10.2. The molecule has 1 fully saturated rings. The van der Waals surface area contributed by atoms with Crippen molar-refractivity contribution in [2.45, 2.75) is 38.0 Å². The van der Waals surface area contributed by atoms with E-state index in [9.17, 15) is 13.2 Å². The van der Waals surface area contributed by atoms with Crippen LogP contribution in [0.25, 0.3) is 0 Å². The molecule has 1 aliphatic rings. The SMILES string of the molecule is CN(c1ccc(Cl)cc1)c1nc(OC2CCCC2)ncc1C(F)(F)F. The molecule has 8 heteroatoms. The van der Waals surface area contributed by atoms with Crippen LogP contribution in [0.2, 0.25) is 5.02 Å². The Balaban J connectivity index is 1.96. The number of nitrogens with zero attached hydrogens (tertiary/aromatic N) is 3. The quantitative estimate of drug-likeness (QED) is 0.736. The molecule has 1 aliphatic carbocycles. The molecule has 1 aromatic heterocycles. The Kier molecular flexibility index (Phi) is 5.03. The highest BCUT2D eigenvalue weighted by molar-refractivity contribution is 6.30. The van der Waals surface area contributed by atoms with E-state index in [1.54, 1.807) is 24.3 Å². The smallest absolute Gasteiger partial charge is 0.421 e. The highest BCUT2D eigenvalue weighted by Crippen LogP contribution is 2.38. The van der Waals surface area contributed by atoms with Gasteiger partial charge in [-0.25, -0.2) is 4.98 Å². The van der Waals surface area contributed by atoms with Gasteiger partial charge in [-0.05, 0) is 49.9 Å². The van der Waals surface area contributed by atoms with Crippen molar-refractivity contribution in [1.29, 1.82) is 0 Å². The number of hydrogen-bond donors (Lipinski definition) is 0. The Hall–Kier alpha value is -2.02. The van der Waals surface area contributed by atoms with E-state index in [-0.39, 0.29) is 17.9 Å². The molecule has 0 radical (unpaired) electrons. The van der Waals surface area contributed by atoms with E-state index in [1.165, 1.54) is 11.9 Å². The van der Waals surface area contributed by atoms with E-state index in [0.717, 1.165) is 31.9 Å². The predicted octanol–water partition coefficient (Wildman–Crippen LogP) is 5.24. The zero-order chi connectivity index (χ0) is 18.0. The van der Waals surface area contributed by atoms with Crippen LogP contribution in [0.5, 0.6) is 6.01 Å². The van der Waals surface area contributed by atoms with Gasteiger partial charge < -0.3 is 9.64 Å². The first-order valence-electron chi connectivity index (χ1n) is 7.95. The third-order valence-corrected chi connectivity index (χ3v) is 4.41. The summed E-state index contributed by atoms with van der Waals surface area (Å²) in [7, 11) is 1.51. The van der Waals surface area contributed by atoms with Crippen molar-refractivity contribution in [2.75, 3.05) is 11.9 Å². The van der Waals surface area contributed by atoms with E-state index in [0.29, 0.717) is 10.7 Å². The van der Waals surface area contributed by atoms with Gasteiger partial charge in [-0.1, -0.05) is 11.6 Å². The van der Waals surface area contributed by atoms with E-state index in [4.69, 9.17) is 16.3 Å². The number of benzene rings is 1. The molecule has 0 saturated heterocycles. The number of hydrogen-bond acceptors (Lipinski definition) is 4. The van der Waals surface area contributed by atoms with Crippen molar-refractivity contribution in [3.05, 3.63) is 41.0 Å². The van der Waals surface area contributed by atoms with E-state index >= 15 is 0 Å². The second kappa shape index (κ2) is 7.07. The van der Waals surface area contributed by atoms with Gasteiger partial charge in [-0.15, -0.1) is 0 Å². The van der Waals surface area contributed by atoms with Crippen molar-refractivity contribution in [3.8, 4) is 6.01 Å². The third-order valence-electron chi connectivity index (χ3n) is 4.16. The summed E-state index contributed by atoms with van der Waals surface area (Å²) >= 11 is 5.84. The van der Waals surface area contributed by atoms with E-state index in [1.807, 2.05) is 0 Å². The fourth-order valence-corrected chi connectivity index (χ4v) is 2.94. The second-order valence-electron chi connectivity index (χ2n) is 5.95. The lowest BCUT2D eigenvalue weighted by Crippen LogP contribution is -2.20. The van der Waals surface area contributed by atoms with Crippen molar-refractivity contribution in [1.82, 2.24) is 9.97 Å². The second-order valence-corrected chi connectivity index (χ2v) is 6.38. The Morgan fingerprint density at radius 3 is 2.40 bits per heavy atom. The summed E-state index contributed by atoms with van der Waals surface area (Å²) in [6.45, 7) is 0. The molecule has 25 heavy (non-hydrogen) atoms. The molecule has 0 bridgehead atoms. The average molecular weight is 372 g/mol. The van der Waals surface area contributed by atoms with Gasteiger partial charge in [0.2, 0.25) is 0 Å². The number of ether oxygens (including phenoxy) is 1. The first-order chi connectivity index (χ1) is 11.8. The van der Waals surface area contributed by atoms with Gasteiger partial charge in [0.15, 0.2) is 5.82 Å². The number of halogens is 4. The fraction of sp³-hybridized carbons (Fsp3) is 0.412. The van der Waals surface area contributed by atoms with Crippen LogP contribution < -0.4 is 9.64 Å². The molecule has 1 saturated carbocycles. The van der Waals surface area contributed by atoms with Crippen LogP contribution in [0.4, 0.5) is 24.7 Å². The molecular formula is C17H17ClF3N3O. The number of rotatable bonds is 4. The van der Waals surface area contributed by atoms with Gasteiger partial charge >= 0.3 is 12.2 Å². The van der Waals surface area contributed by atoms with Crippen LogP contribution in [0.1, 0.15) is 31.2 Å². The molecule has 0 unspecified atom stereocenters. The molecule has 0 spiro atoms. The summed E-state index contributed by atoms with van der Waals surface area (Å²) in [5.41, 5.74) is -0.385. The molecule has 2 aromatic rings. The maximum Gasteiger partial charge on any atom is 0.421 e. The predicted molar refractivity (Wildman–Crippen MR) is 89.4 cm³/mol. The summed E-state index contributed by atoms with van der Waals surface area (Å²) in [5.74, 6) is -0.252. The van der Waals surface area contributed by atoms with Crippen LogP contribution in [0, 0.1) is 0 Å². The monoisotopic (exact) mass is 371 g/mol. The first kappa shape index (κ1) is 17.8. The Labute approximate surface area is 148 Å². The zero-order valence-corrected chi connectivity index (χ0v) is 14.3. The Morgan fingerprint density at radius 2 is 1.80 bits per heavy atom. The average Bonchev–Trinajstić information content (AvgIpc) is 3.07. The topological polar surface area (TPSA) is 38.2 Å². The minimum absolute atomic E-state index is 0.0317. The Bertz CT molecular complexity index is 731. The maximum atomic E-state index is 13.4. The summed E-state index contributed by atoms with van der Waals surface area (Å²) in [5, 5.41) is 0.501. The summed E-state index contributed by atoms with van der Waals surface area (Å²) < 4.78 is 45.7. The zero-order valence-electron chi connectivity index (χ0n) is 13.6. The molecule has 1 aromatic carbocycles. The minimum Gasteiger partial charge on any atom is -0.460 e. The van der Waals surface area contributed by atoms with Crippen LogP contribution in [0.3, 0.4) is 0 Å². The number of anilines is 2. The normalized spacial score (nSPS) is 15.4. The first-order valence-corrected chi connectivity index (χ1v) is 8.32. The van der Waals surface area contributed by atoms with Crippen LogP contribution in [-0.2, 0) is 6.18 Å². The van der Waals surface area contributed by atoms with Gasteiger partial charge in [0, 0.05) is 24.0 Å². The lowest BCUT2D eigenvalue weighted by Gasteiger charge is -2.23. The van der Waals surface area contributed by atoms with E-state index < -0.39 is 11.7 Å². The summed E-state index contributed by atoms with van der Waals surface area (Å²) in [6.07, 6.45) is -0.00282. The van der Waals surface area contributed by atoms with Crippen molar-refractivity contribution in [2.24, 2.45) is 0 Å². The van der Waals surface area contributed by atoms with Gasteiger partial charge in [0.05, 0.1) is 0 Å². The molecule has 0 N–H and O–H groups in total. The van der Waals surface area contributed by atoms with Gasteiger partial charge in [0.25, 0.3) is 0 Å². The van der Waals surface area contributed by atoms with Crippen LogP contribution in [0.15, 0.2) is 30.5 Å². The minimum atomic E-state index is -4.57. The van der Waals surface area contributed by atoms with E-state index in [2.05, 4.69) is 9.97 Å². The summed E-state index contributed by atoms with van der Waals surface area (Å²) in [6, 6.07) is 6.44. The number of aromatic nitrogens is 2. The van der Waals surface area contributed by atoms with Crippen molar-refractivity contribution < 1.29 is 17.9 Å². The van der Waals surface area contributed by atoms with Crippen LogP contribution in [-0.4, -0.2) is 23.1 Å². The number of alkyl halides is 3. The standard InChI is InChI=1S/C17H17ClF3N3O/c1-24(12-8-6-11(18)7-9-12)15-14(17(19,20)21)10-22-16(23-15)25-13-4-2-3-5-13/h6-10,13H,2-5H2,1H3. The summed E-state index contributed by atoms with van der Waals surface area (Å²) in [4.78, 5) is 9.15. The molecule has 3 rings (SSSR count). The molecule has 0 atom stereocenters. The molecule has 4 nitrogen and oxygen atoms in total. The molecule has 0 aliphatic heterocycles. The molecular weight excluding hydrogens is 355 g/mol. The van der Waals surface area contributed by atoms with Crippen molar-refractivity contribution >= 4 is 23.1 Å². The fourth-order valence-electron chi connectivity index (χ4n) is 2.81. The van der Waals surface area contributed by atoms with Crippen molar-refractivity contribution in [3.63, 3.8) is 0 Å². The third kappa shape index (κ3) is 4.15. The van der Waals surface area contributed by atoms with Gasteiger partial charge in [-0.2, -0.15) is 18.2 Å². The lowest BCUT2D eigenvalue weighted by molar-refractivity contribution is -0.137. The van der Waals surface area contributed by atoms with Gasteiger partial charge in [-0.3, -0.25) is 0 Å². The highest BCUT2D eigenvalue weighted by Gasteiger charge is 2.37.